The number of carboxylic acids is 1. The second-order valence-electron chi connectivity index (χ2n) is 4.35. The lowest BCUT2D eigenvalue weighted by molar-refractivity contribution is -0.147. The van der Waals surface area contributed by atoms with Gasteiger partial charge in [-0.2, -0.15) is 0 Å². The number of aliphatic hydroxyl groups is 1. The van der Waals surface area contributed by atoms with Crippen LogP contribution in [0.5, 0.6) is 0 Å². The number of carboxylic acid groups (broad SMARTS) is 1. The Labute approximate surface area is 94.8 Å². The minimum atomic E-state index is -1.38. The third kappa shape index (κ3) is 4.61. The van der Waals surface area contributed by atoms with Crippen molar-refractivity contribution in [2.75, 3.05) is 6.54 Å². The number of carbonyl (C=O) groups excluding carboxylic acids is 1. The summed E-state index contributed by atoms with van der Waals surface area (Å²) in [6, 6.07) is 0. The van der Waals surface area contributed by atoms with Crippen LogP contribution >= 0.6 is 0 Å². The van der Waals surface area contributed by atoms with E-state index in [9.17, 15) is 9.59 Å². The van der Waals surface area contributed by atoms with Crippen LogP contribution in [0.15, 0.2) is 0 Å². The van der Waals surface area contributed by atoms with Crippen molar-refractivity contribution in [3.63, 3.8) is 0 Å². The summed E-state index contributed by atoms with van der Waals surface area (Å²) in [4.78, 5) is 21.7. The van der Waals surface area contributed by atoms with Crippen molar-refractivity contribution in [3.8, 4) is 0 Å². The number of nitrogens with one attached hydrogen (secondary N) is 1. The molecular formula is C11H19NO4. The van der Waals surface area contributed by atoms with Crippen LogP contribution in [0.2, 0.25) is 0 Å². The number of hydrogen-bond donors (Lipinski definition) is 3. The van der Waals surface area contributed by atoms with Gasteiger partial charge < -0.3 is 15.5 Å². The molecule has 1 saturated carbocycles. The van der Waals surface area contributed by atoms with Crippen LogP contribution in [0.25, 0.3) is 0 Å². The van der Waals surface area contributed by atoms with Gasteiger partial charge in [-0.15, -0.1) is 0 Å². The van der Waals surface area contributed by atoms with Gasteiger partial charge in [0, 0.05) is 19.4 Å². The van der Waals surface area contributed by atoms with E-state index in [1.165, 1.54) is 12.8 Å². The Bertz CT molecular complexity index is 248. The van der Waals surface area contributed by atoms with Gasteiger partial charge in [-0.25, -0.2) is 4.79 Å². The predicted octanol–water partition coefficient (Wildman–Crippen LogP) is 0.518. The molecule has 0 aromatic heterocycles. The van der Waals surface area contributed by atoms with E-state index in [1.54, 1.807) is 0 Å². The van der Waals surface area contributed by atoms with Gasteiger partial charge in [0.05, 0.1) is 0 Å². The summed E-state index contributed by atoms with van der Waals surface area (Å²) in [6.45, 7) is 0.221. The van der Waals surface area contributed by atoms with Crippen LogP contribution < -0.4 is 5.32 Å². The van der Waals surface area contributed by atoms with Crippen LogP contribution in [0, 0.1) is 5.92 Å². The van der Waals surface area contributed by atoms with Gasteiger partial charge in [-0.3, -0.25) is 4.79 Å². The van der Waals surface area contributed by atoms with Gasteiger partial charge in [-0.05, 0) is 18.8 Å². The summed E-state index contributed by atoms with van der Waals surface area (Å²) in [7, 11) is 0. The molecule has 1 aliphatic rings. The molecule has 1 fully saturated rings. The summed E-state index contributed by atoms with van der Waals surface area (Å²) in [5, 5.41) is 20.0. The Morgan fingerprint density at radius 1 is 1.31 bits per heavy atom. The molecule has 5 nitrogen and oxygen atoms in total. The molecule has 1 atom stereocenters. The summed E-state index contributed by atoms with van der Waals surface area (Å²) in [5.41, 5.74) is 0. The third-order valence-corrected chi connectivity index (χ3v) is 2.97. The molecule has 16 heavy (non-hydrogen) atoms. The zero-order valence-corrected chi connectivity index (χ0v) is 9.32. The van der Waals surface area contributed by atoms with E-state index in [0.29, 0.717) is 12.3 Å². The highest BCUT2D eigenvalue weighted by molar-refractivity contribution is 5.76. The Morgan fingerprint density at radius 3 is 2.50 bits per heavy atom. The minimum Gasteiger partial charge on any atom is -0.479 e. The Morgan fingerprint density at radius 2 is 1.94 bits per heavy atom. The van der Waals surface area contributed by atoms with Crippen molar-refractivity contribution >= 4 is 11.9 Å². The summed E-state index contributed by atoms with van der Waals surface area (Å²) >= 11 is 0. The maximum atomic E-state index is 11.4. The van der Waals surface area contributed by atoms with E-state index in [4.69, 9.17) is 10.2 Å². The fourth-order valence-corrected chi connectivity index (χ4v) is 2.02. The number of aliphatic hydroxyl groups excluding tert-OH is 1. The standard InChI is InChI=1S/C11H19NO4/c13-9(11(15)16)5-6-12-10(14)7-8-3-1-2-4-8/h8-9,13H,1-7H2,(H,12,14)(H,15,16)/t9-/m0/s1. The first kappa shape index (κ1) is 13.0. The lowest BCUT2D eigenvalue weighted by Gasteiger charge is -2.10. The van der Waals surface area contributed by atoms with E-state index in [2.05, 4.69) is 5.32 Å². The highest BCUT2D eigenvalue weighted by Gasteiger charge is 2.18. The fourth-order valence-electron chi connectivity index (χ4n) is 2.02. The Hall–Kier alpha value is -1.10. The average Bonchev–Trinajstić information content (AvgIpc) is 2.70. The van der Waals surface area contributed by atoms with E-state index >= 15 is 0 Å². The molecule has 0 aromatic carbocycles. The molecule has 1 aliphatic carbocycles. The van der Waals surface area contributed by atoms with Crippen LogP contribution in [0.1, 0.15) is 38.5 Å². The second kappa shape index (κ2) is 6.48. The highest BCUT2D eigenvalue weighted by Crippen LogP contribution is 2.27. The van der Waals surface area contributed by atoms with Crippen LogP contribution in [-0.4, -0.2) is 34.7 Å². The molecule has 0 aliphatic heterocycles. The number of amides is 1. The molecule has 1 rings (SSSR count). The van der Waals surface area contributed by atoms with E-state index in [-0.39, 0.29) is 18.9 Å². The molecule has 0 spiro atoms. The monoisotopic (exact) mass is 229 g/mol. The SMILES string of the molecule is O=C(CC1CCCC1)NCC[C@H](O)C(=O)O. The first-order chi connectivity index (χ1) is 7.59. The number of carbonyl (C=O) groups is 2. The van der Waals surface area contributed by atoms with Crippen molar-refractivity contribution in [2.24, 2.45) is 5.92 Å². The summed E-state index contributed by atoms with van der Waals surface area (Å²) in [6.07, 6.45) is 3.85. The maximum Gasteiger partial charge on any atom is 0.332 e. The zero-order chi connectivity index (χ0) is 12.0. The lowest BCUT2D eigenvalue weighted by Crippen LogP contribution is -2.30. The molecule has 0 radical (unpaired) electrons. The van der Waals surface area contributed by atoms with Crippen molar-refractivity contribution in [3.05, 3.63) is 0 Å². The lowest BCUT2D eigenvalue weighted by atomic mass is 10.0. The molecule has 0 unspecified atom stereocenters. The van der Waals surface area contributed by atoms with Gasteiger partial charge in [0.25, 0.3) is 0 Å². The second-order valence-corrected chi connectivity index (χ2v) is 4.35. The molecule has 1 amide bonds. The highest BCUT2D eigenvalue weighted by atomic mass is 16.4. The zero-order valence-electron chi connectivity index (χ0n) is 9.32. The quantitative estimate of drug-likeness (QED) is 0.619. The predicted molar refractivity (Wildman–Crippen MR) is 57.8 cm³/mol. The average molecular weight is 229 g/mol. The van der Waals surface area contributed by atoms with Gasteiger partial charge in [0.15, 0.2) is 6.10 Å². The Kier molecular flexibility index (Phi) is 5.25. The Balaban J connectivity index is 2.08. The minimum absolute atomic E-state index is 0.0375. The van der Waals surface area contributed by atoms with Crippen molar-refractivity contribution in [1.29, 1.82) is 0 Å². The van der Waals surface area contributed by atoms with Gasteiger partial charge in [0.2, 0.25) is 5.91 Å². The number of hydrogen-bond acceptors (Lipinski definition) is 3. The topological polar surface area (TPSA) is 86.6 Å². The third-order valence-electron chi connectivity index (χ3n) is 2.97. The van der Waals surface area contributed by atoms with Crippen molar-refractivity contribution in [2.45, 2.75) is 44.6 Å². The summed E-state index contributed by atoms with van der Waals surface area (Å²) < 4.78 is 0. The van der Waals surface area contributed by atoms with Crippen molar-refractivity contribution in [1.82, 2.24) is 5.32 Å². The fraction of sp³-hybridized carbons (Fsp3) is 0.818. The van der Waals surface area contributed by atoms with Gasteiger partial charge >= 0.3 is 5.97 Å². The molecule has 3 N–H and O–H groups in total. The van der Waals surface area contributed by atoms with E-state index in [0.717, 1.165) is 12.8 Å². The molecule has 0 saturated heterocycles. The first-order valence-electron chi connectivity index (χ1n) is 5.77. The van der Waals surface area contributed by atoms with Crippen LogP contribution in [0.4, 0.5) is 0 Å². The number of aliphatic carboxylic acids is 1. The van der Waals surface area contributed by atoms with Gasteiger partial charge in [-0.1, -0.05) is 12.8 Å². The largest absolute Gasteiger partial charge is 0.479 e. The molecule has 92 valence electrons. The smallest absolute Gasteiger partial charge is 0.332 e. The van der Waals surface area contributed by atoms with Crippen molar-refractivity contribution < 1.29 is 19.8 Å². The number of rotatable bonds is 6. The summed E-state index contributed by atoms with van der Waals surface area (Å²) in [5.74, 6) is -0.793. The van der Waals surface area contributed by atoms with Crippen LogP contribution in [-0.2, 0) is 9.59 Å². The molecule has 5 heteroatoms. The van der Waals surface area contributed by atoms with E-state index in [1.807, 2.05) is 0 Å². The maximum absolute atomic E-state index is 11.4. The van der Waals surface area contributed by atoms with Gasteiger partial charge in [0.1, 0.15) is 0 Å². The normalized spacial score (nSPS) is 18.3. The van der Waals surface area contributed by atoms with Crippen LogP contribution in [0.3, 0.4) is 0 Å². The molecular weight excluding hydrogens is 210 g/mol. The van der Waals surface area contributed by atoms with E-state index < -0.39 is 12.1 Å². The molecule has 0 aromatic rings. The molecule has 0 heterocycles. The molecule has 0 bridgehead atoms. The first-order valence-corrected chi connectivity index (χ1v) is 5.77.